The van der Waals surface area contributed by atoms with E-state index in [1.54, 1.807) is 7.11 Å². The molecule has 0 heterocycles. The summed E-state index contributed by atoms with van der Waals surface area (Å²) in [5, 5.41) is 0. The summed E-state index contributed by atoms with van der Waals surface area (Å²) < 4.78 is 11.1. The fraction of sp³-hybridized carbons (Fsp3) is 0.500. The molecule has 132 valence electrons. The lowest BCUT2D eigenvalue weighted by Crippen LogP contribution is -2.36. The summed E-state index contributed by atoms with van der Waals surface area (Å²) in [6.45, 7) is 5.98. The van der Waals surface area contributed by atoms with Crippen molar-refractivity contribution >= 4 is 11.5 Å². The van der Waals surface area contributed by atoms with Crippen LogP contribution < -0.4 is 4.74 Å². The van der Waals surface area contributed by atoms with Crippen molar-refractivity contribution in [3.05, 3.63) is 46.0 Å². The molecule has 0 fully saturated rings. The number of rotatable bonds is 2. The minimum atomic E-state index is -0.169. The minimum Gasteiger partial charge on any atom is -0.497 e. The van der Waals surface area contributed by atoms with Gasteiger partial charge in [0.1, 0.15) is 11.9 Å². The van der Waals surface area contributed by atoms with Crippen molar-refractivity contribution in [3.8, 4) is 5.75 Å². The van der Waals surface area contributed by atoms with Crippen LogP contribution in [-0.4, -0.2) is 19.2 Å². The van der Waals surface area contributed by atoms with Crippen LogP contribution >= 0.6 is 0 Å². The predicted molar refractivity (Wildman–Crippen MR) is 98.6 cm³/mol. The molecule has 0 radical (unpaired) electrons. The normalized spacial score (nSPS) is 27.2. The van der Waals surface area contributed by atoms with E-state index in [2.05, 4.69) is 32.1 Å². The highest BCUT2D eigenvalue weighted by molar-refractivity contribution is 5.81. The van der Waals surface area contributed by atoms with Crippen LogP contribution in [0.5, 0.6) is 5.75 Å². The van der Waals surface area contributed by atoms with Gasteiger partial charge in [0.25, 0.3) is 0 Å². The molecule has 0 bridgehead atoms. The first kappa shape index (κ1) is 16.4. The molecule has 4 rings (SSSR count). The van der Waals surface area contributed by atoms with Crippen LogP contribution in [0.15, 0.2) is 29.4 Å². The monoisotopic (exact) mass is 338 g/mol. The van der Waals surface area contributed by atoms with Gasteiger partial charge >= 0.3 is 5.97 Å². The van der Waals surface area contributed by atoms with E-state index >= 15 is 0 Å². The van der Waals surface area contributed by atoms with Gasteiger partial charge < -0.3 is 9.47 Å². The lowest BCUT2D eigenvalue weighted by atomic mass is 9.64. The number of esters is 1. The Morgan fingerprint density at radius 3 is 2.72 bits per heavy atom. The summed E-state index contributed by atoms with van der Waals surface area (Å²) in [6.07, 6.45) is 7.39. The molecule has 3 aliphatic carbocycles. The molecule has 3 heteroatoms. The highest BCUT2D eigenvalue weighted by atomic mass is 16.5. The molecule has 1 aromatic rings. The molecule has 0 saturated carbocycles. The lowest BCUT2D eigenvalue weighted by Gasteiger charge is -2.42. The summed E-state index contributed by atoms with van der Waals surface area (Å²) in [5.74, 6) is 0.786. The van der Waals surface area contributed by atoms with Gasteiger partial charge in [-0.3, -0.25) is 4.79 Å². The first-order valence-corrected chi connectivity index (χ1v) is 9.22. The molecular weight excluding hydrogens is 312 g/mol. The number of fused-ring (bicyclic) bond motifs is 4. The van der Waals surface area contributed by atoms with E-state index in [1.807, 2.05) is 0 Å². The van der Waals surface area contributed by atoms with E-state index in [1.165, 1.54) is 40.3 Å². The molecule has 3 nitrogen and oxygen atoms in total. The lowest BCUT2D eigenvalue weighted by molar-refractivity contribution is -0.150. The van der Waals surface area contributed by atoms with Crippen molar-refractivity contribution < 1.29 is 14.3 Å². The van der Waals surface area contributed by atoms with Crippen LogP contribution in [0.4, 0.5) is 0 Å². The smallest absolute Gasteiger partial charge is 0.302 e. The number of carbonyl (C=O) groups excluding carboxylic acids is 1. The molecule has 25 heavy (non-hydrogen) atoms. The van der Waals surface area contributed by atoms with Gasteiger partial charge in [0.15, 0.2) is 0 Å². The maximum absolute atomic E-state index is 11.5. The van der Waals surface area contributed by atoms with E-state index in [0.717, 1.165) is 37.9 Å². The largest absolute Gasteiger partial charge is 0.497 e. The van der Waals surface area contributed by atoms with E-state index < -0.39 is 0 Å². The van der Waals surface area contributed by atoms with Gasteiger partial charge in [-0.1, -0.05) is 13.0 Å². The molecule has 0 unspecified atom stereocenters. The highest BCUT2D eigenvalue weighted by Gasteiger charge is 2.47. The number of allylic oxidation sites excluding steroid dienone is 2. The van der Waals surface area contributed by atoms with Crippen molar-refractivity contribution in [3.63, 3.8) is 0 Å². The van der Waals surface area contributed by atoms with Crippen molar-refractivity contribution in [1.82, 2.24) is 0 Å². The van der Waals surface area contributed by atoms with Crippen LogP contribution in [0, 0.1) is 12.3 Å². The number of ether oxygens (including phenoxy) is 2. The molecule has 3 aliphatic rings. The van der Waals surface area contributed by atoms with Gasteiger partial charge in [-0.15, -0.1) is 0 Å². The summed E-state index contributed by atoms with van der Waals surface area (Å²) in [5.41, 5.74) is 8.57. The topological polar surface area (TPSA) is 35.5 Å². The average Bonchev–Trinajstić information content (AvgIpc) is 2.90. The number of aryl methyl sites for hydroxylation is 2. The molecule has 1 aromatic carbocycles. The predicted octanol–water partition coefficient (Wildman–Crippen LogP) is 4.77. The molecule has 0 N–H and O–H groups in total. The van der Waals surface area contributed by atoms with Crippen molar-refractivity contribution in [2.24, 2.45) is 5.41 Å². The zero-order valence-corrected chi connectivity index (χ0v) is 15.6. The molecule has 0 spiro atoms. The highest BCUT2D eigenvalue weighted by Crippen LogP contribution is 2.56. The SMILES string of the molecule is COc1cc(C)c2c(c1)CCC1=C2CC[C@@]2(C)C1=CC[C@@H]2OC(C)=O. The van der Waals surface area contributed by atoms with E-state index in [9.17, 15) is 4.79 Å². The van der Waals surface area contributed by atoms with Crippen molar-refractivity contribution in [2.45, 2.75) is 59.0 Å². The zero-order chi connectivity index (χ0) is 17.8. The Kier molecular flexibility index (Phi) is 3.78. The Hall–Kier alpha value is -2.03. The van der Waals surface area contributed by atoms with Crippen LogP contribution in [0.2, 0.25) is 0 Å². The summed E-state index contributed by atoms with van der Waals surface area (Å²) in [7, 11) is 1.74. The summed E-state index contributed by atoms with van der Waals surface area (Å²) in [6, 6.07) is 4.35. The maximum atomic E-state index is 11.5. The fourth-order valence-corrected chi connectivity index (χ4v) is 5.12. The molecule has 0 aromatic heterocycles. The molecule has 0 amide bonds. The van der Waals surface area contributed by atoms with E-state index in [4.69, 9.17) is 9.47 Å². The van der Waals surface area contributed by atoms with E-state index in [0.29, 0.717) is 0 Å². The Morgan fingerprint density at radius 1 is 1.20 bits per heavy atom. The second-order valence-electron chi connectivity index (χ2n) is 7.80. The van der Waals surface area contributed by atoms with Crippen molar-refractivity contribution in [1.29, 1.82) is 0 Å². The standard InChI is InChI=1S/C22H26O3/c1-13-11-16(24-4)12-15-5-6-17-18(21(13)15)9-10-22(3)19(17)7-8-20(22)25-14(2)23/h7,11-12,20H,5-6,8-10H2,1-4H3/t20-,22-/m0/s1. The van der Waals surface area contributed by atoms with Crippen LogP contribution in [0.1, 0.15) is 56.2 Å². The first-order valence-electron chi connectivity index (χ1n) is 9.22. The third-order valence-corrected chi connectivity index (χ3v) is 6.33. The van der Waals surface area contributed by atoms with Crippen LogP contribution in [0.3, 0.4) is 0 Å². The van der Waals surface area contributed by atoms with Gasteiger partial charge in [-0.05, 0) is 78.1 Å². The minimum absolute atomic E-state index is 0.00703. The summed E-state index contributed by atoms with van der Waals surface area (Å²) in [4.78, 5) is 11.5. The second-order valence-corrected chi connectivity index (χ2v) is 7.80. The van der Waals surface area contributed by atoms with Gasteiger partial charge in [0.2, 0.25) is 0 Å². The molecule has 0 aliphatic heterocycles. The Labute approximate surface area is 149 Å². The van der Waals surface area contributed by atoms with Crippen LogP contribution in [-0.2, 0) is 16.0 Å². The maximum Gasteiger partial charge on any atom is 0.302 e. The molecular formula is C22H26O3. The third-order valence-electron chi connectivity index (χ3n) is 6.33. The fourth-order valence-electron chi connectivity index (χ4n) is 5.12. The number of hydrogen-bond acceptors (Lipinski definition) is 3. The van der Waals surface area contributed by atoms with Gasteiger partial charge in [-0.2, -0.15) is 0 Å². The number of benzene rings is 1. The molecule has 0 saturated heterocycles. The number of carbonyl (C=O) groups is 1. The van der Waals surface area contributed by atoms with Gasteiger partial charge in [0.05, 0.1) is 7.11 Å². The zero-order valence-electron chi connectivity index (χ0n) is 15.6. The number of hydrogen-bond donors (Lipinski definition) is 0. The van der Waals surface area contributed by atoms with E-state index in [-0.39, 0.29) is 17.5 Å². The van der Waals surface area contributed by atoms with Crippen LogP contribution in [0.25, 0.3) is 5.57 Å². The summed E-state index contributed by atoms with van der Waals surface area (Å²) >= 11 is 0. The average molecular weight is 338 g/mol. The quantitative estimate of drug-likeness (QED) is 0.729. The Balaban J connectivity index is 1.77. The third kappa shape index (κ3) is 2.44. The van der Waals surface area contributed by atoms with Gasteiger partial charge in [0, 0.05) is 18.8 Å². The van der Waals surface area contributed by atoms with Gasteiger partial charge in [-0.25, -0.2) is 0 Å². The Morgan fingerprint density at radius 2 is 2.00 bits per heavy atom. The number of methoxy groups -OCH3 is 1. The Bertz CT molecular complexity index is 815. The first-order chi connectivity index (χ1) is 11.9. The molecule has 2 atom stereocenters. The van der Waals surface area contributed by atoms with Crippen molar-refractivity contribution in [2.75, 3.05) is 7.11 Å². The second kappa shape index (κ2) is 5.76.